The fraction of sp³-hybridized carbons (Fsp3) is 0.333. The zero-order valence-electron chi connectivity index (χ0n) is 4.45. The van der Waals surface area contributed by atoms with Crippen molar-refractivity contribution >= 4 is 0 Å². The molecular weight excluding hydrogens is 91.1 g/mol. The van der Waals surface area contributed by atoms with Gasteiger partial charge in [-0.15, -0.1) is 0 Å². The molecule has 0 aliphatic rings. The lowest BCUT2D eigenvalue weighted by molar-refractivity contribution is 0.561. The molecule has 0 amide bonds. The highest BCUT2D eigenvalue weighted by atomic mass is 19.1. The summed E-state index contributed by atoms with van der Waals surface area (Å²) < 4.78 is 11.2. The summed E-state index contributed by atoms with van der Waals surface area (Å²) in [5, 5.41) is 0. The summed E-state index contributed by atoms with van der Waals surface area (Å²) in [6.45, 7) is 4.97. The SMILES string of the molecule is C=C(C)/C=C\CF. The fourth-order valence-electron chi connectivity index (χ4n) is 0.246. The Morgan fingerprint density at radius 3 is 2.57 bits per heavy atom. The van der Waals surface area contributed by atoms with Gasteiger partial charge < -0.3 is 0 Å². The van der Waals surface area contributed by atoms with E-state index in [1.54, 1.807) is 6.08 Å². The van der Waals surface area contributed by atoms with Crippen LogP contribution in [0.1, 0.15) is 6.92 Å². The van der Waals surface area contributed by atoms with Crippen molar-refractivity contribution in [2.45, 2.75) is 6.92 Å². The first kappa shape index (κ1) is 6.41. The van der Waals surface area contributed by atoms with E-state index in [1.807, 2.05) is 6.92 Å². The monoisotopic (exact) mass is 100 g/mol. The molecule has 0 atom stereocenters. The van der Waals surface area contributed by atoms with Gasteiger partial charge in [0.25, 0.3) is 0 Å². The van der Waals surface area contributed by atoms with Gasteiger partial charge in [-0.3, -0.25) is 0 Å². The third kappa shape index (κ3) is 5.41. The molecule has 0 aromatic heterocycles. The van der Waals surface area contributed by atoms with Gasteiger partial charge in [-0.05, 0) is 6.92 Å². The first-order valence-electron chi connectivity index (χ1n) is 2.15. The molecule has 1 heteroatoms. The first-order valence-corrected chi connectivity index (χ1v) is 2.15. The molecule has 0 rings (SSSR count). The maximum atomic E-state index is 11.2. The van der Waals surface area contributed by atoms with Crippen LogP contribution in [0, 0.1) is 0 Å². The van der Waals surface area contributed by atoms with Crippen LogP contribution in [-0.4, -0.2) is 6.67 Å². The van der Waals surface area contributed by atoms with E-state index < -0.39 is 6.67 Å². The van der Waals surface area contributed by atoms with E-state index in [0.717, 1.165) is 5.57 Å². The molecule has 7 heavy (non-hydrogen) atoms. The molecule has 0 saturated carbocycles. The maximum absolute atomic E-state index is 11.2. The Morgan fingerprint density at radius 1 is 1.86 bits per heavy atom. The lowest BCUT2D eigenvalue weighted by Gasteiger charge is -1.78. The molecule has 0 bridgehead atoms. The number of hydrogen-bond donors (Lipinski definition) is 0. The van der Waals surface area contributed by atoms with E-state index in [9.17, 15) is 4.39 Å². The highest BCUT2D eigenvalue weighted by Crippen LogP contribution is 1.87. The summed E-state index contributed by atoms with van der Waals surface area (Å²) in [4.78, 5) is 0. The van der Waals surface area contributed by atoms with Gasteiger partial charge in [-0.1, -0.05) is 24.3 Å². The van der Waals surface area contributed by atoms with Crippen LogP contribution in [0.2, 0.25) is 0 Å². The predicted molar refractivity (Wildman–Crippen MR) is 29.9 cm³/mol. The normalized spacial score (nSPS) is 10.0. The Balaban J connectivity index is 3.26. The average Bonchev–Trinajstić information content (AvgIpc) is 1.61. The lowest BCUT2D eigenvalue weighted by Crippen LogP contribution is -1.62. The van der Waals surface area contributed by atoms with E-state index >= 15 is 0 Å². The van der Waals surface area contributed by atoms with Gasteiger partial charge in [0.05, 0.1) is 0 Å². The second-order valence-electron chi connectivity index (χ2n) is 1.40. The highest BCUT2D eigenvalue weighted by Gasteiger charge is 1.69. The molecule has 0 spiro atoms. The van der Waals surface area contributed by atoms with Crippen LogP contribution in [0.25, 0.3) is 0 Å². The third-order valence-electron chi connectivity index (χ3n) is 0.491. The molecule has 0 aliphatic heterocycles. The number of halogens is 1. The van der Waals surface area contributed by atoms with E-state index in [0.29, 0.717) is 0 Å². The van der Waals surface area contributed by atoms with E-state index in [2.05, 4.69) is 6.58 Å². The molecule has 0 fully saturated rings. The summed E-state index contributed by atoms with van der Waals surface area (Å²) in [6, 6.07) is 0. The van der Waals surface area contributed by atoms with E-state index in [4.69, 9.17) is 0 Å². The first-order chi connectivity index (χ1) is 3.27. The van der Waals surface area contributed by atoms with Gasteiger partial charge in [0.2, 0.25) is 0 Å². The van der Waals surface area contributed by atoms with Crippen LogP contribution in [-0.2, 0) is 0 Å². The molecule has 0 nitrogen and oxygen atoms in total. The predicted octanol–water partition coefficient (Wildman–Crippen LogP) is 2.09. The topological polar surface area (TPSA) is 0 Å². The van der Waals surface area contributed by atoms with Crippen molar-refractivity contribution in [3.63, 3.8) is 0 Å². The molecule has 0 N–H and O–H groups in total. The maximum Gasteiger partial charge on any atom is 0.108 e. The molecule has 0 aliphatic carbocycles. The molecule has 0 heterocycles. The zero-order valence-corrected chi connectivity index (χ0v) is 4.45. The Bertz CT molecular complexity index is 82.2. The Morgan fingerprint density at radius 2 is 2.43 bits per heavy atom. The molecule has 0 aromatic carbocycles. The van der Waals surface area contributed by atoms with Gasteiger partial charge in [-0.2, -0.15) is 0 Å². The van der Waals surface area contributed by atoms with Crippen LogP contribution < -0.4 is 0 Å². The fourth-order valence-corrected chi connectivity index (χ4v) is 0.246. The summed E-state index contributed by atoms with van der Waals surface area (Å²) in [5.74, 6) is 0. The smallest absolute Gasteiger partial charge is 0.108 e. The lowest BCUT2D eigenvalue weighted by atomic mass is 10.3. The minimum absolute atomic E-state index is 0.396. The minimum Gasteiger partial charge on any atom is -0.247 e. The van der Waals surface area contributed by atoms with Crippen LogP contribution >= 0.6 is 0 Å². The van der Waals surface area contributed by atoms with Crippen LogP contribution in [0.4, 0.5) is 4.39 Å². The molecule has 0 unspecified atom stereocenters. The Kier molecular flexibility index (Phi) is 3.29. The second-order valence-corrected chi connectivity index (χ2v) is 1.40. The number of hydrogen-bond acceptors (Lipinski definition) is 0. The third-order valence-corrected chi connectivity index (χ3v) is 0.491. The minimum atomic E-state index is -0.396. The summed E-state index contributed by atoms with van der Waals surface area (Å²) >= 11 is 0. The van der Waals surface area contributed by atoms with Crippen LogP contribution in [0.3, 0.4) is 0 Å². The summed E-state index contributed by atoms with van der Waals surface area (Å²) in [7, 11) is 0. The number of alkyl halides is 1. The van der Waals surface area contributed by atoms with Crippen molar-refractivity contribution in [3.8, 4) is 0 Å². The standard InChI is InChI=1S/C6H9F/c1-6(2)4-3-5-7/h3-4H,1,5H2,2H3/b4-3-. The van der Waals surface area contributed by atoms with E-state index in [1.165, 1.54) is 6.08 Å². The van der Waals surface area contributed by atoms with Crippen molar-refractivity contribution in [3.05, 3.63) is 24.3 Å². The molecule has 40 valence electrons. The van der Waals surface area contributed by atoms with Gasteiger partial charge in [-0.25, -0.2) is 4.39 Å². The van der Waals surface area contributed by atoms with Gasteiger partial charge in [0, 0.05) is 0 Å². The average molecular weight is 100 g/mol. The zero-order chi connectivity index (χ0) is 5.70. The van der Waals surface area contributed by atoms with Crippen molar-refractivity contribution < 1.29 is 4.39 Å². The highest BCUT2D eigenvalue weighted by molar-refractivity contribution is 5.10. The van der Waals surface area contributed by atoms with Crippen molar-refractivity contribution in [1.29, 1.82) is 0 Å². The van der Waals surface area contributed by atoms with Crippen molar-refractivity contribution in [1.82, 2.24) is 0 Å². The summed E-state index contributed by atoms with van der Waals surface area (Å²) in [6.07, 6.45) is 3.09. The van der Waals surface area contributed by atoms with Crippen LogP contribution in [0.5, 0.6) is 0 Å². The van der Waals surface area contributed by atoms with Crippen LogP contribution in [0.15, 0.2) is 24.3 Å². The molecule has 0 radical (unpaired) electrons. The second kappa shape index (κ2) is 3.59. The number of allylic oxidation sites excluding steroid dienone is 3. The quantitative estimate of drug-likeness (QED) is 0.466. The van der Waals surface area contributed by atoms with Gasteiger partial charge >= 0.3 is 0 Å². The van der Waals surface area contributed by atoms with E-state index in [-0.39, 0.29) is 0 Å². The summed E-state index contributed by atoms with van der Waals surface area (Å²) in [5.41, 5.74) is 0.887. The van der Waals surface area contributed by atoms with Gasteiger partial charge in [0.1, 0.15) is 6.67 Å². The van der Waals surface area contributed by atoms with Crippen molar-refractivity contribution in [2.24, 2.45) is 0 Å². The Labute approximate surface area is 43.4 Å². The van der Waals surface area contributed by atoms with Crippen molar-refractivity contribution in [2.75, 3.05) is 6.67 Å². The molecule has 0 aromatic rings. The van der Waals surface area contributed by atoms with Gasteiger partial charge in [0.15, 0.2) is 0 Å². The molecule has 0 saturated heterocycles. The largest absolute Gasteiger partial charge is 0.247 e. The Hall–Kier alpha value is -0.590. The number of rotatable bonds is 2. The molecular formula is C6H9F.